The van der Waals surface area contributed by atoms with Crippen LogP contribution >= 0.6 is 0 Å². The number of likely N-dealkylation sites (tertiary alicyclic amines) is 1. The van der Waals surface area contributed by atoms with E-state index < -0.39 is 43.1 Å². The van der Waals surface area contributed by atoms with Crippen molar-refractivity contribution in [3.05, 3.63) is 35.8 Å². The number of rotatable bonds is 7. The largest absolute Gasteiger partial charge is 0.479 e. The number of benzene rings is 1. The van der Waals surface area contributed by atoms with Crippen molar-refractivity contribution >= 4 is 22.5 Å². The number of aromatic nitrogens is 5. The van der Waals surface area contributed by atoms with Crippen molar-refractivity contribution < 1.29 is 35.8 Å². The van der Waals surface area contributed by atoms with Gasteiger partial charge in [-0.15, -0.1) is 5.10 Å². The second-order valence-corrected chi connectivity index (χ2v) is 9.66. The van der Waals surface area contributed by atoms with E-state index in [4.69, 9.17) is 9.47 Å². The number of hydrogen-bond donors (Lipinski definition) is 1. The lowest BCUT2D eigenvalue weighted by Crippen LogP contribution is -2.48. The van der Waals surface area contributed by atoms with Crippen molar-refractivity contribution in [3.8, 4) is 17.0 Å². The molecule has 0 aliphatic carbocycles. The molecule has 4 aromatic rings. The summed E-state index contributed by atoms with van der Waals surface area (Å²) in [6.07, 6.45) is -1.74. The van der Waals surface area contributed by atoms with E-state index in [0.717, 1.165) is 21.3 Å². The van der Waals surface area contributed by atoms with Gasteiger partial charge in [0, 0.05) is 6.54 Å². The molecule has 1 atom stereocenters. The van der Waals surface area contributed by atoms with E-state index in [2.05, 4.69) is 20.4 Å². The van der Waals surface area contributed by atoms with Gasteiger partial charge in [-0.3, -0.25) is 4.90 Å². The van der Waals surface area contributed by atoms with Crippen LogP contribution in [0.15, 0.2) is 18.3 Å². The number of methoxy groups -OCH3 is 1. The monoisotopic (exact) mass is 555 g/mol. The number of alkyl halides is 4. The molecule has 0 bridgehead atoms. The molecule has 1 aromatic carbocycles. The molecule has 2 saturated heterocycles. The normalized spacial score (nSPS) is 19.9. The fourth-order valence-corrected chi connectivity index (χ4v) is 5.14. The van der Waals surface area contributed by atoms with Crippen LogP contribution in [0.1, 0.15) is 5.82 Å². The van der Waals surface area contributed by atoms with E-state index in [9.17, 15) is 17.6 Å². The van der Waals surface area contributed by atoms with Gasteiger partial charge in [0.05, 0.1) is 56.7 Å². The first-order valence-corrected chi connectivity index (χ1v) is 12.1. The Balaban J connectivity index is 1.40. The molecule has 9 nitrogen and oxygen atoms in total. The number of imidazole rings is 1. The molecule has 208 valence electrons. The summed E-state index contributed by atoms with van der Waals surface area (Å²) in [5.74, 6) is -4.95. The van der Waals surface area contributed by atoms with Crippen molar-refractivity contribution in [2.45, 2.75) is 37.9 Å². The number of anilines is 1. The summed E-state index contributed by atoms with van der Waals surface area (Å²) in [5.41, 5.74) is -0.204. The highest BCUT2D eigenvalue weighted by Gasteiger charge is 2.51. The van der Waals surface area contributed by atoms with E-state index in [1.165, 1.54) is 20.1 Å². The van der Waals surface area contributed by atoms with Gasteiger partial charge in [0.2, 0.25) is 11.8 Å². The Kier molecular flexibility index (Phi) is 6.10. The van der Waals surface area contributed by atoms with Crippen LogP contribution in [0.25, 0.3) is 27.7 Å². The molecule has 39 heavy (non-hydrogen) atoms. The van der Waals surface area contributed by atoms with Gasteiger partial charge in [-0.25, -0.2) is 35.8 Å². The molecule has 0 saturated carbocycles. The zero-order chi connectivity index (χ0) is 27.6. The highest BCUT2D eigenvalue weighted by molar-refractivity contribution is 5.90. The molecule has 2 aliphatic rings. The van der Waals surface area contributed by atoms with Crippen LogP contribution in [-0.4, -0.2) is 86.9 Å². The van der Waals surface area contributed by atoms with E-state index >= 15 is 8.78 Å². The maximum absolute atomic E-state index is 15.3. The molecule has 6 rings (SSSR count). The Morgan fingerprint density at radius 3 is 2.62 bits per heavy atom. The van der Waals surface area contributed by atoms with Gasteiger partial charge >= 0.3 is 0 Å². The van der Waals surface area contributed by atoms with Crippen LogP contribution in [0.3, 0.4) is 0 Å². The topological polar surface area (TPSA) is 81.7 Å². The third-order valence-corrected chi connectivity index (χ3v) is 7.13. The Morgan fingerprint density at radius 2 is 1.95 bits per heavy atom. The van der Waals surface area contributed by atoms with Crippen molar-refractivity contribution in [1.29, 1.82) is 0 Å². The number of nitrogens with zero attached hydrogens (tertiary/aromatic N) is 6. The molecular formula is C24H23F6N7O2. The minimum Gasteiger partial charge on any atom is -0.479 e. The predicted octanol–water partition coefficient (Wildman–Crippen LogP) is 3.74. The Bertz CT molecular complexity index is 1570. The SMILES string of the molecule is COc1nc(NC2CN(C3COC3)CC2(F)F)nn2cc(F)c(-c3cc(F)c4nc(C)n(CC(F)F)c4c3)c12. The van der Waals surface area contributed by atoms with Crippen molar-refractivity contribution in [3.63, 3.8) is 0 Å². The van der Waals surface area contributed by atoms with Gasteiger partial charge < -0.3 is 19.4 Å². The first kappa shape index (κ1) is 25.7. The molecule has 0 radical (unpaired) electrons. The molecule has 15 heteroatoms. The molecule has 3 aromatic heterocycles. The van der Waals surface area contributed by atoms with E-state index in [1.54, 1.807) is 4.90 Å². The molecular weight excluding hydrogens is 532 g/mol. The first-order chi connectivity index (χ1) is 18.6. The average molecular weight is 555 g/mol. The molecule has 1 unspecified atom stereocenters. The van der Waals surface area contributed by atoms with Crippen molar-refractivity contribution in [2.24, 2.45) is 0 Å². The van der Waals surface area contributed by atoms with Gasteiger partial charge in [0.1, 0.15) is 22.9 Å². The summed E-state index contributed by atoms with van der Waals surface area (Å²) in [5, 5.41) is 6.80. The Labute approximate surface area is 217 Å². The summed E-state index contributed by atoms with van der Waals surface area (Å²) < 4.78 is 98.8. The van der Waals surface area contributed by atoms with Crippen LogP contribution < -0.4 is 10.1 Å². The fraction of sp³-hybridized carbons (Fsp3) is 0.458. The second kappa shape index (κ2) is 9.26. The number of nitrogens with one attached hydrogen (secondary N) is 1. The van der Waals surface area contributed by atoms with E-state index in [1.807, 2.05) is 0 Å². The number of hydrogen-bond acceptors (Lipinski definition) is 7. The number of fused-ring (bicyclic) bond motifs is 2. The zero-order valence-corrected chi connectivity index (χ0v) is 20.8. The minimum absolute atomic E-state index is 0.00220. The number of ether oxygens (including phenoxy) is 2. The molecule has 2 aliphatic heterocycles. The van der Waals surface area contributed by atoms with E-state index in [-0.39, 0.29) is 57.9 Å². The number of aryl methyl sites for hydroxylation is 1. The highest BCUT2D eigenvalue weighted by atomic mass is 19.3. The number of halogens is 6. The smallest absolute Gasteiger partial charge is 0.281 e. The van der Waals surface area contributed by atoms with Crippen LogP contribution in [0.5, 0.6) is 5.88 Å². The quantitative estimate of drug-likeness (QED) is 0.348. The minimum atomic E-state index is -3.08. The third-order valence-electron chi connectivity index (χ3n) is 7.13. The van der Waals surface area contributed by atoms with Crippen LogP contribution in [0.4, 0.5) is 32.3 Å². The van der Waals surface area contributed by atoms with Crippen LogP contribution in [-0.2, 0) is 11.3 Å². The summed E-state index contributed by atoms with van der Waals surface area (Å²) >= 11 is 0. The lowest BCUT2D eigenvalue weighted by molar-refractivity contribution is -0.0711. The van der Waals surface area contributed by atoms with E-state index in [0.29, 0.717) is 13.2 Å². The summed E-state index contributed by atoms with van der Waals surface area (Å²) in [6.45, 7) is 1.10. The van der Waals surface area contributed by atoms with Crippen molar-refractivity contribution in [1.82, 2.24) is 29.0 Å². The molecule has 0 spiro atoms. The lowest BCUT2D eigenvalue weighted by atomic mass is 10.1. The zero-order valence-electron chi connectivity index (χ0n) is 20.8. The lowest BCUT2D eigenvalue weighted by Gasteiger charge is -2.34. The Morgan fingerprint density at radius 1 is 1.18 bits per heavy atom. The van der Waals surface area contributed by atoms with Crippen LogP contribution in [0, 0.1) is 18.6 Å². The van der Waals surface area contributed by atoms with Gasteiger partial charge in [-0.05, 0) is 24.6 Å². The average Bonchev–Trinajstić information content (AvgIpc) is 3.42. The fourth-order valence-electron chi connectivity index (χ4n) is 5.14. The molecule has 0 amide bonds. The predicted molar refractivity (Wildman–Crippen MR) is 127 cm³/mol. The molecule has 5 heterocycles. The summed E-state index contributed by atoms with van der Waals surface area (Å²) in [7, 11) is 1.26. The molecule has 1 N–H and O–H groups in total. The second-order valence-electron chi connectivity index (χ2n) is 9.66. The van der Waals surface area contributed by atoms with Crippen molar-refractivity contribution in [2.75, 3.05) is 38.7 Å². The van der Waals surface area contributed by atoms with Crippen LogP contribution in [0.2, 0.25) is 0 Å². The summed E-state index contributed by atoms with van der Waals surface area (Å²) in [4.78, 5) is 9.84. The van der Waals surface area contributed by atoms with Gasteiger partial charge in [-0.1, -0.05) is 0 Å². The summed E-state index contributed by atoms with van der Waals surface area (Å²) in [6, 6.07) is 0.988. The Hall–Kier alpha value is -3.59. The van der Waals surface area contributed by atoms with Gasteiger partial charge in [0.25, 0.3) is 12.3 Å². The third kappa shape index (κ3) is 4.33. The maximum Gasteiger partial charge on any atom is 0.281 e. The maximum atomic E-state index is 15.3. The van der Waals surface area contributed by atoms with Gasteiger partial charge in [-0.2, -0.15) is 4.98 Å². The highest BCUT2D eigenvalue weighted by Crippen LogP contribution is 2.37. The van der Waals surface area contributed by atoms with Gasteiger partial charge in [0.15, 0.2) is 11.6 Å². The first-order valence-electron chi connectivity index (χ1n) is 12.1. The standard InChI is InChI=1S/C24H23F6N7O2/c1-11-31-20-14(25)3-12(4-16(20)36(11)7-18(27)28)19-15(26)5-37-21(19)22(38-2)33-23(34-37)32-17-6-35(10-24(17,29)30)13-8-39-9-13/h3-5,13,17-18H,6-10H2,1-2H3,(H,32,34). The molecule has 2 fully saturated rings.